The fraction of sp³-hybridized carbons (Fsp3) is 0.333. The molecular weight excluding hydrogens is 247 g/mol. The van der Waals surface area contributed by atoms with Gasteiger partial charge in [0.15, 0.2) is 0 Å². The molecule has 0 saturated carbocycles. The summed E-state index contributed by atoms with van der Waals surface area (Å²) in [5.41, 5.74) is 0. The molecule has 0 atom stereocenters. The van der Waals surface area contributed by atoms with Crippen LogP contribution in [0.4, 0.5) is 4.39 Å². The van der Waals surface area contributed by atoms with Gasteiger partial charge < -0.3 is 21.7 Å². The van der Waals surface area contributed by atoms with Crippen LogP contribution >= 0.6 is 0 Å². The van der Waals surface area contributed by atoms with Gasteiger partial charge in [-0.1, -0.05) is 6.07 Å². The first-order chi connectivity index (χ1) is 5.18. The van der Waals surface area contributed by atoms with Crippen LogP contribution in [-0.2, 0) is 0 Å². The van der Waals surface area contributed by atoms with Gasteiger partial charge in [0.1, 0.15) is 0 Å². The fourth-order valence-electron chi connectivity index (χ4n) is 0.763. The molecule has 0 bridgehead atoms. The molecule has 0 N–H and O–H groups in total. The minimum atomic E-state index is -0.317. The van der Waals surface area contributed by atoms with Gasteiger partial charge >= 0.3 is 23.1 Å². The van der Waals surface area contributed by atoms with E-state index in [4.69, 9.17) is 4.74 Å². The largest absolute Gasteiger partial charge is 2.00 e. The Balaban J connectivity index is 0. The maximum Gasteiger partial charge on any atom is 2.00 e. The summed E-state index contributed by atoms with van der Waals surface area (Å²) in [7, 11) is 0. The third-order valence-electron chi connectivity index (χ3n) is 1.10. The maximum absolute atomic E-state index is 12.5. The first-order valence-corrected chi connectivity index (χ1v) is 3.52. The molecule has 0 aliphatic carbocycles. The second-order valence-corrected chi connectivity index (χ2v) is 2.55. The quantitative estimate of drug-likeness (QED) is 0.490. The molecule has 13 heavy (non-hydrogen) atoms. The van der Waals surface area contributed by atoms with Crippen molar-refractivity contribution >= 4 is 23.1 Å². The van der Waals surface area contributed by atoms with E-state index in [1.807, 2.05) is 13.8 Å². The Bertz CT molecular complexity index is 243. The van der Waals surface area contributed by atoms with Crippen LogP contribution in [-0.4, -0.2) is 29.2 Å². The van der Waals surface area contributed by atoms with Crippen molar-refractivity contribution in [2.24, 2.45) is 0 Å². The van der Waals surface area contributed by atoms with E-state index in [1.54, 1.807) is 6.07 Å². The summed E-state index contributed by atoms with van der Waals surface area (Å²) in [4.78, 5) is 0. The van der Waals surface area contributed by atoms with E-state index in [0.29, 0.717) is 5.75 Å². The summed E-state index contributed by atoms with van der Waals surface area (Å²) in [5.74, 6) is 0.211. The average molecular weight is 257 g/mol. The van der Waals surface area contributed by atoms with Crippen molar-refractivity contribution in [1.29, 1.82) is 0 Å². The second-order valence-electron chi connectivity index (χ2n) is 2.55. The molecule has 0 unspecified atom stereocenters. The van der Waals surface area contributed by atoms with Gasteiger partial charge in [-0.05, 0) is 13.8 Å². The molecule has 0 aromatic heterocycles. The molecule has 1 aromatic carbocycles. The first-order valence-electron chi connectivity index (χ1n) is 3.52. The molecule has 0 spiro atoms. The molecule has 0 aliphatic heterocycles. The zero-order valence-corrected chi connectivity index (χ0v) is 10.7. The van der Waals surface area contributed by atoms with Crippen LogP contribution in [0.2, 0.25) is 0 Å². The van der Waals surface area contributed by atoms with Crippen molar-refractivity contribution in [3.05, 3.63) is 30.1 Å². The van der Waals surface area contributed by atoms with Crippen LogP contribution in [0.3, 0.4) is 0 Å². The molecule has 0 heterocycles. The normalized spacial score (nSPS) is 8.62. The standard InChI is InChI=1S/C9H10FO.BrH.Mg/c1-7(2)11-9-5-3-4-8(10)6-9;;/h4-7H,1-2H3;1H;/q-1;;+2/p-1. The number of rotatable bonds is 2. The van der Waals surface area contributed by atoms with E-state index in [0.717, 1.165) is 0 Å². The Hall–Kier alpha value is 0.196. The minimum Gasteiger partial charge on any atom is -1.00 e. The zero-order valence-electron chi connectivity index (χ0n) is 7.68. The van der Waals surface area contributed by atoms with Crippen LogP contribution in [0, 0.1) is 11.9 Å². The molecule has 4 heteroatoms. The van der Waals surface area contributed by atoms with E-state index < -0.39 is 0 Å². The number of benzene rings is 1. The van der Waals surface area contributed by atoms with Crippen molar-refractivity contribution in [2.75, 3.05) is 0 Å². The summed E-state index contributed by atoms with van der Waals surface area (Å²) in [6, 6.07) is 6.86. The monoisotopic (exact) mass is 256 g/mol. The SMILES string of the molecule is CC(C)Oc1c[c-]cc(F)c1.[Br-].[Mg+2]. The molecule has 1 rings (SSSR count). The third kappa shape index (κ3) is 6.29. The minimum absolute atomic E-state index is 0. The molecule has 1 aromatic rings. The second kappa shape index (κ2) is 7.59. The smallest absolute Gasteiger partial charge is 1.00 e. The Kier molecular flexibility index (Phi) is 9.14. The van der Waals surface area contributed by atoms with Crippen molar-refractivity contribution in [3.63, 3.8) is 0 Å². The molecular formula is C9H10BrFMgO. The Morgan fingerprint density at radius 2 is 2.00 bits per heavy atom. The number of ether oxygens (including phenoxy) is 1. The van der Waals surface area contributed by atoms with Crippen LogP contribution in [0.15, 0.2) is 18.2 Å². The van der Waals surface area contributed by atoms with Gasteiger partial charge in [-0.25, -0.2) is 0 Å². The summed E-state index contributed by atoms with van der Waals surface area (Å²) in [6.45, 7) is 3.79. The predicted octanol–water partition coefficient (Wildman–Crippen LogP) is -0.964. The Morgan fingerprint density at radius 3 is 2.46 bits per heavy atom. The molecule has 68 valence electrons. The zero-order chi connectivity index (χ0) is 8.27. The van der Waals surface area contributed by atoms with E-state index in [9.17, 15) is 4.39 Å². The molecule has 0 aliphatic rings. The molecule has 0 saturated heterocycles. The maximum atomic E-state index is 12.5. The van der Waals surface area contributed by atoms with Crippen LogP contribution in [0.1, 0.15) is 13.8 Å². The fourth-order valence-corrected chi connectivity index (χ4v) is 0.763. The number of hydrogen-bond donors (Lipinski definition) is 0. The van der Waals surface area contributed by atoms with E-state index in [1.165, 1.54) is 12.1 Å². The van der Waals surface area contributed by atoms with Crippen LogP contribution in [0.25, 0.3) is 0 Å². The van der Waals surface area contributed by atoms with Gasteiger partial charge in [-0.2, -0.15) is 6.07 Å². The number of hydrogen-bond acceptors (Lipinski definition) is 1. The number of halogens is 2. The van der Waals surface area contributed by atoms with E-state index in [2.05, 4.69) is 6.07 Å². The molecule has 0 radical (unpaired) electrons. The van der Waals surface area contributed by atoms with Crippen LogP contribution < -0.4 is 21.7 Å². The average Bonchev–Trinajstić information content (AvgIpc) is 1.85. The summed E-state index contributed by atoms with van der Waals surface area (Å²) < 4.78 is 17.7. The van der Waals surface area contributed by atoms with Crippen molar-refractivity contribution in [2.45, 2.75) is 20.0 Å². The Morgan fingerprint density at radius 1 is 1.38 bits per heavy atom. The van der Waals surface area contributed by atoms with Gasteiger partial charge in [0.2, 0.25) is 0 Å². The van der Waals surface area contributed by atoms with Crippen LogP contribution in [0.5, 0.6) is 5.75 Å². The topological polar surface area (TPSA) is 9.23 Å². The summed E-state index contributed by atoms with van der Waals surface area (Å²) in [5, 5.41) is 0. The third-order valence-corrected chi connectivity index (χ3v) is 1.10. The van der Waals surface area contributed by atoms with E-state index in [-0.39, 0.29) is 52.0 Å². The van der Waals surface area contributed by atoms with Crippen molar-refractivity contribution < 1.29 is 26.1 Å². The van der Waals surface area contributed by atoms with Crippen molar-refractivity contribution in [3.8, 4) is 5.75 Å². The van der Waals surface area contributed by atoms with Gasteiger partial charge in [0.05, 0.1) is 6.10 Å². The van der Waals surface area contributed by atoms with Gasteiger partial charge in [-0.15, -0.1) is 12.1 Å². The van der Waals surface area contributed by atoms with Crippen molar-refractivity contribution in [1.82, 2.24) is 0 Å². The molecule has 0 fully saturated rings. The molecule has 0 amide bonds. The summed E-state index contributed by atoms with van der Waals surface area (Å²) >= 11 is 0. The predicted molar refractivity (Wildman–Crippen MR) is 46.8 cm³/mol. The van der Waals surface area contributed by atoms with Gasteiger partial charge in [0, 0.05) is 11.6 Å². The van der Waals surface area contributed by atoms with E-state index >= 15 is 0 Å². The van der Waals surface area contributed by atoms with Gasteiger partial charge in [-0.3, -0.25) is 4.39 Å². The first kappa shape index (κ1) is 15.7. The Labute approximate surface area is 105 Å². The summed E-state index contributed by atoms with van der Waals surface area (Å²) in [6.07, 6.45) is 0.0743. The van der Waals surface area contributed by atoms with Gasteiger partial charge in [0.25, 0.3) is 0 Å². The molecule has 1 nitrogen and oxygen atoms in total.